The molecule has 0 bridgehead atoms. The zero-order valence-corrected chi connectivity index (χ0v) is 9.62. The maximum absolute atomic E-state index is 12.3. The summed E-state index contributed by atoms with van der Waals surface area (Å²) in [5.74, 6) is 0.0869. The molecule has 2 N–H and O–H groups in total. The van der Waals surface area contributed by atoms with Gasteiger partial charge in [0, 0.05) is 16.8 Å². The number of pyridine rings is 1. The van der Waals surface area contributed by atoms with E-state index in [1.54, 1.807) is 12.1 Å². The van der Waals surface area contributed by atoms with Crippen molar-refractivity contribution in [2.45, 2.75) is 25.9 Å². The predicted octanol–water partition coefficient (Wildman–Crippen LogP) is 2.91. The Morgan fingerprint density at radius 2 is 2.11 bits per heavy atom. The predicted molar refractivity (Wildman–Crippen MR) is 64.8 cm³/mol. The summed E-state index contributed by atoms with van der Waals surface area (Å²) in [7, 11) is 0. The van der Waals surface area contributed by atoms with Crippen LogP contribution in [0, 0.1) is 0 Å². The number of aromatic nitrogens is 1. The van der Waals surface area contributed by atoms with Gasteiger partial charge in [-0.3, -0.25) is 0 Å². The normalized spacial score (nSPS) is 14.2. The molecule has 5 heteroatoms. The van der Waals surface area contributed by atoms with Crippen LogP contribution in [0.2, 0.25) is 0 Å². The first-order valence-electron chi connectivity index (χ1n) is 5.81. The third-order valence-corrected chi connectivity index (χ3v) is 3.27. The molecule has 0 radical (unpaired) electrons. The van der Waals surface area contributed by atoms with E-state index in [0.29, 0.717) is 16.6 Å². The van der Waals surface area contributed by atoms with E-state index in [1.807, 2.05) is 0 Å². The fourth-order valence-corrected chi connectivity index (χ4v) is 2.48. The molecule has 0 amide bonds. The number of halogens is 2. The molecular formula is C13H12F2N2O. The molecule has 0 saturated heterocycles. The minimum atomic E-state index is -2.85. The van der Waals surface area contributed by atoms with Gasteiger partial charge in [-0.1, -0.05) is 12.1 Å². The van der Waals surface area contributed by atoms with Gasteiger partial charge in [-0.25, -0.2) is 4.98 Å². The van der Waals surface area contributed by atoms with E-state index in [2.05, 4.69) is 9.72 Å². The van der Waals surface area contributed by atoms with E-state index in [1.165, 1.54) is 6.07 Å². The molecule has 1 aromatic heterocycles. The van der Waals surface area contributed by atoms with Gasteiger partial charge < -0.3 is 10.5 Å². The molecule has 0 saturated carbocycles. The molecule has 0 spiro atoms. The Bertz CT molecular complexity index is 613. The molecule has 3 rings (SSSR count). The third kappa shape index (κ3) is 1.66. The first kappa shape index (κ1) is 11.2. The van der Waals surface area contributed by atoms with Crippen LogP contribution >= 0.6 is 0 Å². The number of alkyl halides is 2. The van der Waals surface area contributed by atoms with Crippen LogP contribution < -0.4 is 10.5 Å². The second-order valence-electron chi connectivity index (χ2n) is 4.34. The number of rotatable bonds is 2. The van der Waals surface area contributed by atoms with Crippen molar-refractivity contribution in [2.24, 2.45) is 0 Å². The summed E-state index contributed by atoms with van der Waals surface area (Å²) < 4.78 is 29.2. The summed E-state index contributed by atoms with van der Waals surface area (Å²) in [5, 5.41) is 0.689. The Morgan fingerprint density at radius 3 is 2.89 bits per heavy atom. The van der Waals surface area contributed by atoms with Gasteiger partial charge in [-0.2, -0.15) is 8.78 Å². The number of fused-ring (bicyclic) bond motifs is 2. The SMILES string of the molecule is Nc1c2c(nc3c(OC(F)F)cccc13)CCC2. The Hall–Kier alpha value is -1.91. The highest BCUT2D eigenvalue weighted by Gasteiger charge is 2.20. The van der Waals surface area contributed by atoms with Crippen molar-refractivity contribution in [1.29, 1.82) is 0 Å². The first-order valence-corrected chi connectivity index (χ1v) is 5.81. The lowest BCUT2D eigenvalue weighted by Crippen LogP contribution is -2.05. The third-order valence-electron chi connectivity index (χ3n) is 3.27. The molecule has 2 aromatic rings. The van der Waals surface area contributed by atoms with Crippen LogP contribution in [0.5, 0.6) is 5.75 Å². The van der Waals surface area contributed by atoms with Crippen LogP contribution in [-0.2, 0) is 12.8 Å². The molecule has 1 aliphatic carbocycles. The van der Waals surface area contributed by atoms with Gasteiger partial charge in [0.15, 0.2) is 5.75 Å². The molecule has 0 unspecified atom stereocenters. The minimum Gasteiger partial charge on any atom is -0.432 e. The van der Waals surface area contributed by atoms with Crippen molar-refractivity contribution in [3.05, 3.63) is 29.5 Å². The van der Waals surface area contributed by atoms with E-state index < -0.39 is 6.61 Å². The highest BCUT2D eigenvalue weighted by Crippen LogP contribution is 2.35. The molecule has 94 valence electrons. The van der Waals surface area contributed by atoms with Crippen LogP contribution in [0.3, 0.4) is 0 Å². The molecule has 1 heterocycles. The largest absolute Gasteiger partial charge is 0.432 e. The molecular weight excluding hydrogens is 238 g/mol. The molecule has 1 aliphatic rings. The number of benzene rings is 1. The van der Waals surface area contributed by atoms with Gasteiger partial charge >= 0.3 is 6.61 Å². The molecule has 3 nitrogen and oxygen atoms in total. The maximum atomic E-state index is 12.3. The molecule has 0 atom stereocenters. The Kier molecular flexibility index (Phi) is 2.54. The molecule has 18 heavy (non-hydrogen) atoms. The van der Waals surface area contributed by atoms with Gasteiger partial charge in [0.1, 0.15) is 5.52 Å². The fraction of sp³-hybridized carbons (Fsp3) is 0.308. The average molecular weight is 250 g/mol. The average Bonchev–Trinajstić information content (AvgIpc) is 2.78. The quantitative estimate of drug-likeness (QED) is 0.891. The summed E-state index contributed by atoms with van der Waals surface area (Å²) in [6, 6.07) is 4.93. The monoisotopic (exact) mass is 250 g/mol. The van der Waals surface area contributed by atoms with Gasteiger partial charge in [-0.15, -0.1) is 0 Å². The van der Waals surface area contributed by atoms with Crippen LogP contribution in [0.25, 0.3) is 10.9 Å². The first-order chi connectivity index (χ1) is 8.66. The number of nitrogens with two attached hydrogens (primary N) is 1. The summed E-state index contributed by atoms with van der Waals surface area (Å²) >= 11 is 0. The second kappa shape index (κ2) is 4.08. The maximum Gasteiger partial charge on any atom is 0.387 e. The second-order valence-corrected chi connectivity index (χ2v) is 4.34. The number of nitrogens with zero attached hydrogens (tertiary/aromatic N) is 1. The number of hydrogen-bond donors (Lipinski definition) is 1. The van der Waals surface area contributed by atoms with Crippen LogP contribution in [0.4, 0.5) is 14.5 Å². The van der Waals surface area contributed by atoms with Crippen molar-refractivity contribution in [3.8, 4) is 5.75 Å². The zero-order chi connectivity index (χ0) is 12.7. The van der Waals surface area contributed by atoms with Crippen LogP contribution in [0.1, 0.15) is 17.7 Å². The van der Waals surface area contributed by atoms with Crippen molar-refractivity contribution >= 4 is 16.6 Å². The lowest BCUT2D eigenvalue weighted by molar-refractivity contribution is -0.0489. The van der Waals surface area contributed by atoms with Crippen LogP contribution in [-0.4, -0.2) is 11.6 Å². The van der Waals surface area contributed by atoms with E-state index >= 15 is 0 Å². The lowest BCUT2D eigenvalue weighted by Gasteiger charge is -2.11. The zero-order valence-electron chi connectivity index (χ0n) is 9.62. The number of nitrogen functional groups attached to an aromatic ring is 1. The van der Waals surface area contributed by atoms with E-state index in [-0.39, 0.29) is 5.75 Å². The number of anilines is 1. The standard InChI is InChI=1S/C13H12F2N2O/c14-13(15)18-10-6-2-4-8-11(16)7-3-1-5-9(7)17-12(8)10/h2,4,6,13H,1,3,5H2,(H2,16,17). The smallest absolute Gasteiger partial charge is 0.387 e. The van der Waals surface area contributed by atoms with E-state index in [9.17, 15) is 8.78 Å². The lowest BCUT2D eigenvalue weighted by atomic mass is 10.1. The summed E-state index contributed by atoms with van der Waals surface area (Å²) in [6.45, 7) is -2.85. The number of hydrogen-bond acceptors (Lipinski definition) is 3. The van der Waals surface area contributed by atoms with Crippen molar-refractivity contribution < 1.29 is 13.5 Å². The van der Waals surface area contributed by atoms with E-state index in [4.69, 9.17) is 5.73 Å². The highest BCUT2D eigenvalue weighted by atomic mass is 19.3. The number of ether oxygens (including phenoxy) is 1. The van der Waals surface area contributed by atoms with E-state index in [0.717, 1.165) is 30.5 Å². The Balaban J connectivity index is 2.25. The van der Waals surface area contributed by atoms with Gasteiger partial charge in [-0.05, 0) is 30.9 Å². The fourth-order valence-electron chi connectivity index (χ4n) is 2.48. The molecule has 1 aromatic carbocycles. The van der Waals surface area contributed by atoms with Gasteiger partial charge in [0.25, 0.3) is 0 Å². The number of aryl methyl sites for hydroxylation is 1. The van der Waals surface area contributed by atoms with Crippen molar-refractivity contribution in [1.82, 2.24) is 4.98 Å². The number of para-hydroxylation sites is 1. The minimum absolute atomic E-state index is 0.0869. The Morgan fingerprint density at radius 1 is 1.28 bits per heavy atom. The summed E-state index contributed by atoms with van der Waals surface area (Å²) in [5.41, 5.74) is 9.12. The topological polar surface area (TPSA) is 48.1 Å². The molecule has 0 aliphatic heterocycles. The van der Waals surface area contributed by atoms with Gasteiger partial charge in [0.2, 0.25) is 0 Å². The van der Waals surface area contributed by atoms with Gasteiger partial charge in [0.05, 0.1) is 0 Å². The Labute approximate surface area is 103 Å². The van der Waals surface area contributed by atoms with Crippen molar-refractivity contribution in [2.75, 3.05) is 5.73 Å². The summed E-state index contributed by atoms with van der Waals surface area (Å²) in [6.07, 6.45) is 2.76. The van der Waals surface area contributed by atoms with Crippen LogP contribution in [0.15, 0.2) is 18.2 Å². The highest BCUT2D eigenvalue weighted by molar-refractivity contribution is 5.95. The van der Waals surface area contributed by atoms with Crippen molar-refractivity contribution in [3.63, 3.8) is 0 Å². The summed E-state index contributed by atoms with van der Waals surface area (Å²) in [4.78, 5) is 4.43. The molecule has 0 fully saturated rings.